The summed E-state index contributed by atoms with van der Waals surface area (Å²) in [6, 6.07) is 0.344. The predicted octanol–water partition coefficient (Wildman–Crippen LogP) is 3.23. The summed E-state index contributed by atoms with van der Waals surface area (Å²) in [7, 11) is 0. The van der Waals surface area contributed by atoms with E-state index in [4.69, 9.17) is 4.74 Å². The van der Waals surface area contributed by atoms with Crippen LogP contribution in [0.15, 0.2) is 0 Å². The maximum atomic E-state index is 11.8. The van der Waals surface area contributed by atoms with Gasteiger partial charge in [-0.1, -0.05) is 26.2 Å². The van der Waals surface area contributed by atoms with Crippen molar-refractivity contribution in [3.63, 3.8) is 0 Å². The molecular formula is C16H29NO2S. The summed E-state index contributed by atoms with van der Waals surface area (Å²) >= 11 is 1.80. The summed E-state index contributed by atoms with van der Waals surface area (Å²) in [5, 5.41) is 3.12. The Hall–Kier alpha value is -0.220. The molecule has 3 nitrogen and oxygen atoms in total. The summed E-state index contributed by atoms with van der Waals surface area (Å²) in [4.78, 5) is 11.8. The van der Waals surface area contributed by atoms with Gasteiger partial charge in [0, 0.05) is 19.3 Å². The Labute approximate surface area is 127 Å². The third-order valence-corrected chi connectivity index (χ3v) is 5.53. The molecule has 20 heavy (non-hydrogen) atoms. The third-order valence-electron chi connectivity index (χ3n) is 4.54. The minimum atomic E-state index is 0.207. The van der Waals surface area contributed by atoms with Crippen molar-refractivity contribution in [3.05, 3.63) is 0 Å². The van der Waals surface area contributed by atoms with Gasteiger partial charge in [-0.15, -0.1) is 0 Å². The first-order valence-electron chi connectivity index (χ1n) is 8.19. The van der Waals surface area contributed by atoms with Crippen molar-refractivity contribution in [1.29, 1.82) is 0 Å². The van der Waals surface area contributed by atoms with Crippen LogP contribution in [0, 0.1) is 11.8 Å². The number of hydrogen-bond donors (Lipinski definition) is 1. The van der Waals surface area contributed by atoms with Crippen molar-refractivity contribution in [2.24, 2.45) is 11.8 Å². The molecule has 2 aliphatic rings. The molecule has 2 fully saturated rings. The Bertz CT molecular complexity index is 292. The highest BCUT2D eigenvalue weighted by atomic mass is 32.2. The van der Waals surface area contributed by atoms with Crippen molar-refractivity contribution in [2.75, 3.05) is 24.7 Å². The van der Waals surface area contributed by atoms with E-state index in [1.54, 1.807) is 11.8 Å². The zero-order valence-electron chi connectivity index (χ0n) is 12.7. The molecule has 0 aromatic rings. The number of carbonyl (C=O) groups is 1. The molecule has 1 saturated carbocycles. The molecule has 0 aromatic heterocycles. The van der Waals surface area contributed by atoms with Gasteiger partial charge in [-0.25, -0.2) is 0 Å². The lowest BCUT2D eigenvalue weighted by Crippen LogP contribution is -2.39. The van der Waals surface area contributed by atoms with Crippen LogP contribution in [0.25, 0.3) is 0 Å². The molecule has 1 N–H and O–H groups in total. The van der Waals surface area contributed by atoms with Crippen LogP contribution < -0.4 is 5.32 Å². The van der Waals surface area contributed by atoms with E-state index in [9.17, 15) is 4.79 Å². The predicted molar refractivity (Wildman–Crippen MR) is 85.0 cm³/mol. The summed E-state index contributed by atoms with van der Waals surface area (Å²) in [6.45, 7) is 3.95. The van der Waals surface area contributed by atoms with Crippen LogP contribution in [0.3, 0.4) is 0 Å². The first-order chi connectivity index (χ1) is 9.74. The highest BCUT2D eigenvalue weighted by molar-refractivity contribution is 7.99. The molecule has 1 aliphatic heterocycles. The van der Waals surface area contributed by atoms with Crippen LogP contribution in [0.2, 0.25) is 0 Å². The molecule has 0 aromatic carbocycles. The van der Waals surface area contributed by atoms with E-state index in [-0.39, 0.29) is 5.91 Å². The summed E-state index contributed by atoms with van der Waals surface area (Å²) < 4.78 is 5.30. The third kappa shape index (κ3) is 6.04. The average molecular weight is 299 g/mol. The lowest BCUT2D eigenvalue weighted by molar-refractivity contribution is -0.119. The number of nitrogens with one attached hydrogen (secondary N) is 1. The number of carbonyl (C=O) groups excluding carboxylic acids is 1. The van der Waals surface area contributed by atoms with Crippen LogP contribution in [-0.2, 0) is 9.53 Å². The Balaban J connectivity index is 1.50. The number of ether oxygens (including phenoxy) is 1. The summed E-state index contributed by atoms with van der Waals surface area (Å²) in [6.07, 6.45) is 8.85. The first kappa shape index (κ1) is 16.2. The van der Waals surface area contributed by atoms with Crippen molar-refractivity contribution >= 4 is 17.7 Å². The van der Waals surface area contributed by atoms with Gasteiger partial charge in [0.25, 0.3) is 0 Å². The highest BCUT2D eigenvalue weighted by Crippen LogP contribution is 2.31. The molecule has 1 heterocycles. The second-order valence-corrected chi connectivity index (χ2v) is 7.54. The lowest BCUT2D eigenvalue weighted by Gasteiger charge is -2.26. The monoisotopic (exact) mass is 299 g/mol. The zero-order chi connectivity index (χ0) is 14.2. The fourth-order valence-corrected chi connectivity index (χ4v) is 4.26. The molecular weight excluding hydrogens is 270 g/mol. The molecule has 116 valence electrons. The number of hydrogen-bond acceptors (Lipinski definition) is 3. The lowest BCUT2D eigenvalue weighted by atomic mass is 9.81. The second kappa shape index (κ2) is 8.93. The standard InChI is InChI=1S/C16H29NO2S/c1-13-3-2-4-14(11-13)7-10-20-12-16(18)17-15-5-8-19-9-6-15/h13-15H,2-12H2,1H3,(H,17,18)/t13-,14+/m1/s1. The van der Waals surface area contributed by atoms with Gasteiger partial charge in [-0.3, -0.25) is 4.79 Å². The van der Waals surface area contributed by atoms with E-state index in [0.29, 0.717) is 11.8 Å². The Kier molecular flexibility index (Phi) is 7.22. The molecule has 1 aliphatic carbocycles. The Morgan fingerprint density at radius 1 is 1.25 bits per heavy atom. The van der Waals surface area contributed by atoms with Crippen LogP contribution in [-0.4, -0.2) is 36.7 Å². The SMILES string of the molecule is C[C@@H]1CCC[C@@H](CCSCC(=O)NC2CCOCC2)C1. The number of amides is 1. The fraction of sp³-hybridized carbons (Fsp3) is 0.938. The normalized spacial score (nSPS) is 28.2. The van der Waals surface area contributed by atoms with Crippen LogP contribution in [0.1, 0.15) is 51.9 Å². The minimum Gasteiger partial charge on any atom is -0.381 e. The number of thioether (sulfide) groups is 1. The molecule has 4 heteroatoms. The van der Waals surface area contributed by atoms with Crippen LogP contribution in [0.4, 0.5) is 0 Å². The van der Waals surface area contributed by atoms with Crippen molar-refractivity contribution in [1.82, 2.24) is 5.32 Å². The van der Waals surface area contributed by atoms with Gasteiger partial charge in [-0.2, -0.15) is 11.8 Å². The molecule has 0 radical (unpaired) electrons. The van der Waals surface area contributed by atoms with E-state index in [1.807, 2.05) is 0 Å². The van der Waals surface area contributed by atoms with Gasteiger partial charge in [0.1, 0.15) is 0 Å². The van der Waals surface area contributed by atoms with Crippen LogP contribution in [0.5, 0.6) is 0 Å². The van der Waals surface area contributed by atoms with Crippen molar-refractivity contribution in [3.8, 4) is 0 Å². The molecule has 1 saturated heterocycles. The van der Waals surface area contributed by atoms with E-state index in [2.05, 4.69) is 12.2 Å². The van der Waals surface area contributed by atoms with E-state index in [0.717, 1.165) is 43.6 Å². The maximum absolute atomic E-state index is 11.8. The van der Waals surface area contributed by atoms with Gasteiger partial charge < -0.3 is 10.1 Å². The largest absolute Gasteiger partial charge is 0.381 e. The minimum absolute atomic E-state index is 0.207. The fourth-order valence-electron chi connectivity index (χ4n) is 3.35. The van der Waals surface area contributed by atoms with Crippen molar-refractivity contribution in [2.45, 2.75) is 57.9 Å². The van der Waals surface area contributed by atoms with Gasteiger partial charge in [0.2, 0.25) is 5.91 Å². The van der Waals surface area contributed by atoms with E-state index in [1.165, 1.54) is 32.1 Å². The van der Waals surface area contributed by atoms with E-state index < -0.39 is 0 Å². The summed E-state index contributed by atoms with van der Waals surface area (Å²) in [5.41, 5.74) is 0. The maximum Gasteiger partial charge on any atom is 0.230 e. The number of rotatable bonds is 6. The summed E-state index contributed by atoms with van der Waals surface area (Å²) in [5.74, 6) is 3.79. The molecule has 0 bridgehead atoms. The van der Waals surface area contributed by atoms with Crippen LogP contribution >= 0.6 is 11.8 Å². The highest BCUT2D eigenvalue weighted by Gasteiger charge is 2.19. The van der Waals surface area contributed by atoms with Gasteiger partial charge in [0.05, 0.1) is 5.75 Å². The van der Waals surface area contributed by atoms with Gasteiger partial charge >= 0.3 is 0 Å². The smallest absolute Gasteiger partial charge is 0.230 e. The Morgan fingerprint density at radius 3 is 2.80 bits per heavy atom. The van der Waals surface area contributed by atoms with E-state index >= 15 is 0 Å². The second-order valence-electron chi connectivity index (χ2n) is 6.43. The molecule has 0 unspecified atom stereocenters. The quantitative estimate of drug-likeness (QED) is 0.765. The molecule has 2 atom stereocenters. The first-order valence-corrected chi connectivity index (χ1v) is 9.34. The Morgan fingerprint density at radius 2 is 2.05 bits per heavy atom. The average Bonchev–Trinajstić information content (AvgIpc) is 2.45. The van der Waals surface area contributed by atoms with Crippen molar-refractivity contribution < 1.29 is 9.53 Å². The molecule has 2 rings (SSSR count). The zero-order valence-corrected chi connectivity index (χ0v) is 13.6. The molecule has 0 spiro atoms. The molecule has 1 amide bonds. The topological polar surface area (TPSA) is 38.3 Å². The van der Waals surface area contributed by atoms with Gasteiger partial charge in [-0.05, 0) is 43.3 Å². The van der Waals surface area contributed by atoms with Gasteiger partial charge in [0.15, 0.2) is 0 Å².